The molecule has 2 aromatic rings. The molecule has 0 spiro atoms. The first-order valence-electron chi connectivity index (χ1n) is 6.34. The van der Waals surface area contributed by atoms with Crippen LogP contribution in [0.2, 0.25) is 0 Å². The van der Waals surface area contributed by atoms with Gasteiger partial charge in [-0.2, -0.15) is 0 Å². The third-order valence-corrected chi connectivity index (χ3v) is 3.27. The highest BCUT2D eigenvalue weighted by atomic mass is 79.9. The molecule has 0 aliphatic rings. The number of anilines is 1. The lowest BCUT2D eigenvalue weighted by molar-refractivity contribution is 0.0636. The number of aromatic nitrogens is 1. The van der Waals surface area contributed by atoms with Crippen molar-refractivity contribution in [2.45, 2.75) is 26.4 Å². The summed E-state index contributed by atoms with van der Waals surface area (Å²) in [6.45, 7) is 5.36. The quantitative estimate of drug-likeness (QED) is 0.825. The van der Waals surface area contributed by atoms with Crippen molar-refractivity contribution in [2.24, 2.45) is 0 Å². The summed E-state index contributed by atoms with van der Waals surface area (Å²) in [4.78, 5) is 27.0. The maximum absolute atomic E-state index is 11.9. The molecule has 0 unspecified atom stereocenters. The molecule has 21 heavy (non-hydrogen) atoms. The smallest absolute Gasteiger partial charge is 0.412 e. The zero-order valence-electron chi connectivity index (χ0n) is 11.9. The van der Waals surface area contributed by atoms with Crippen molar-refractivity contribution in [3.05, 3.63) is 34.4 Å². The number of benzene rings is 1. The number of amides is 1. The monoisotopic (exact) mass is 350 g/mol. The summed E-state index contributed by atoms with van der Waals surface area (Å²) in [5.41, 5.74) is 0.732. The number of hydrogen-bond donors (Lipinski definition) is 1. The van der Waals surface area contributed by atoms with Crippen molar-refractivity contribution < 1.29 is 14.3 Å². The molecule has 1 aromatic carbocycles. The molecule has 2 rings (SSSR count). The molecular weight excluding hydrogens is 336 g/mol. The maximum atomic E-state index is 11.9. The molecule has 0 bridgehead atoms. The number of nitrogens with zero attached hydrogens (tertiary/aromatic N) is 1. The predicted molar refractivity (Wildman–Crippen MR) is 84.7 cm³/mol. The summed E-state index contributed by atoms with van der Waals surface area (Å²) in [6.07, 6.45) is 0.0989. The number of pyridine rings is 1. The van der Waals surface area contributed by atoms with Crippen LogP contribution >= 0.6 is 15.9 Å². The second-order valence-corrected chi connectivity index (χ2v) is 6.33. The van der Waals surface area contributed by atoms with Crippen molar-refractivity contribution >= 4 is 44.9 Å². The number of fused-ring (bicyclic) bond motifs is 1. The van der Waals surface area contributed by atoms with Gasteiger partial charge in [-0.3, -0.25) is 10.1 Å². The Labute approximate surface area is 130 Å². The van der Waals surface area contributed by atoms with Crippen LogP contribution in [0.1, 0.15) is 31.3 Å². The van der Waals surface area contributed by atoms with Crippen LogP contribution in [0.5, 0.6) is 0 Å². The number of hydrogen-bond acceptors (Lipinski definition) is 4. The van der Waals surface area contributed by atoms with Gasteiger partial charge in [0.15, 0.2) is 6.29 Å². The number of halogens is 1. The number of rotatable bonds is 2. The minimum atomic E-state index is -0.587. The molecule has 1 heterocycles. The zero-order valence-corrected chi connectivity index (χ0v) is 13.5. The van der Waals surface area contributed by atoms with E-state index >= 15 is 0 Å². The van der Waals surface area contributed by atoms with Crippen molar-refractivity contribution in [3.8, 4) is 0 Å². The summed E-state index contributed by atoms with van der Waals surface area (Å²) in [5, 5.41) is 3.46. The molecule has 0 aliphatic carbocycles. The Morgan fingerprint density at radius 3 is 2.62 bits per heavy atom. The van der Waals surface area contributed by atoms with E-state index in [1.54, 1.807) is 45.0 Å². The summed E-state index contributed by atoms with van der Waals surface area (Å²) < 4.78 is 6.05. The molecule has 1 N–H and O–H groups in total. The van der Waals surface area contributed by atoms with Gasteiger partial charge in [0.25, 0.3) is 0 Å². The van der Waals surface area contributed by atoms with Crippen LogP contribution in [-0.4, -0.2) is 23.0 Å². The number of aldehydes is 1. The van der Waals surface area contributed by atoms with Crippen molar-refractivity contribution in [1.82, 2.24) is 4.98 Å². The van der Waals surface area contributed by atoms with Crippen LogP contribution in [0.15, 0.2) is 28.7 Å². The molecule has 5 nitrogen and oxygen atoms in total. The second-order valence-electron chi connectivity index (χ2n) is 5.47. The summed E-state index contributed by atoms with van der Waals surface area (Å²) >= 11 is 3.42. The first-order chi connectivity index (χ1) is 9.80. The molecule has 0 radical (unpaired) electrons. The van der Waals surface area contributed by atoms with E-state index in [4.69, 9.17) is 4.74 Å². The van der Waals surface area contributed by atoms with E-state index in [9.17, 15) is 9.59 Å². The van der Waals surface area contributed by atoms with E-state index in [1.807, 2.05) is 0 Å². The van der Waals surface area contributed by atoms with Crippen LogP contribution in [0.3, 0.4) is 0 Å². The molecule has 1 amide bonds. The first-order valence-corrected chi connectivity index (χ1v) is 7.14. The van der Waals surface area contributed by atoms with Crippen molar-refractivity contribution in [2.75, 3.05) is 5.32 Å². The van der Waals surface area contributed by atoms with Gasteiger partial charge in [0, 0.05) is 9.86 Å². The van der Waals surface area contributed by atoms with Crippen molar-refractivity contribution in [3.63, 3.8) is 0 Å². The Bertz CT molecular complexity index is 708. The van der Waals surface area contributed by atoms with E-state index in [0.29, 0.717) is 23.2 Å². The fourth-order valence-electron chi connectivity index (χ4n) is 1.78. The van der Waals surface area contributed by atoms with Crippen LogP contribution in [0.4, 0.5) is 10.5 Å². The minimum absolute atomic E-state index is 0.299. The van der Waals surface area contributed by atoms with Gasteiger partial charge in [0.1, 0.15) is 11.3 Å². The zero-order chi connectivity index (χ0) is 15.6. The van der Waals surface area contributed by atoms with Crippen LogP contribution in [0.25, 0.3) is 10.9 Å². The average Bonchev–Trinajstić information content (AvgIpc) is 2.39. The topological polar surface area (TPSA) is 68.3 Å². The predicted octanol–water partition coefficient (Wildman–Crippen LogP) is 4.16. The number of carbonyl (C=O) groups is 2. The van der Waals surface area contributed by atoms with E-state index in [0.717, 1.165) is 9.86 Å². The van der Waals surface area contributed by atoms with Gasteiger partial charge in [0.2, 0.25) is 0 Å². The van der Waals surface area contributed by atoms with E-state index < -0.39 is 11.7 Å². The summed E-state index contributed by atoms with van der Waals surface area (Å²) in [5.74, 6) is 0. The minimum Gasteiger partial charge on any atom is -0.444 e. The van der Waals surface area contributed by atoms with Gasteiger partial charge in [-0.05, 0) is 45.0 Å². The van der Waals surface area contributed by atoms with Crippen LogP contribution in [0, 0.1) is 0 Å². The third-order valence-electron chi connectivity index (χ3n) is 2.58. The third kappa shape index (κ3) is 3.78. The highest BCUT2D eigenvalue weighted by Crippen LogP contribution is 2.29. The lowest BCUT2D eigenvalue weighted by Gasteiger charge is -2.20. The van der Waals surface area contributed by atoms with Crippen LogP contribution in [-0.2, 0) is 4.74 Å². The van der Waals surface area contributed by atoms with Crippen LogP contribution < -0.4 is 5.32 Å². The fourth-order valence-corrected chi connectivity index (χ4v) is 2.23. The maximum Gasteiger partial charge on any atom is 0.412 e. The molecule has 110 valence electrons. The summed E-state index contributed by atoms with van der Waals surface area (Å²) in [7, 11) is 0. The van der Waals surface area contributed by atoms with Gasteiger partial charge < -0.3 is 4.74 Å². The number of ether oxygens (including phenoxy) is 1. The Morgan fingerprint density at radius 2 is 2.00 bits per heavy atom. The van der Waals surface area contributed by atoms with Gasteiger partial charge in [-0.25, -0.2) is 9.78 Å². The average molecular weight is 351 g/mol. The van der Waals surface area contributed by atoms with Gasteiger partial charge in [-0.15, -0.1) is 0 Å². The van der Waals surface area contributed by atoms with Crippen molar-refractivity contribution in [1.29, 1.82) is 0 Å². The lowest BCUT2D eigenvalue weighted by Crippen LogP contribution is -2.27. The molecule has 0 saturated carbocycles. The molecule has 0 aliphatic heterocycles. The molecule has 1 aromatic heterocycles. The Balaban J connectivity index is 2.42. The molecule has 0 saturated heterocycles. The lowest BCUT2D eigenvalue weighted by atomic mass is 10.1. The highest BCUT2D eigenvalue weighted by Gasteiger charge is 2.17. The molecular formula is C15H15BrN2O3. The van der Waals surface area contributed by atoms with Gasteiger partial charge in [-0.1, -0.05) is 15.9 Å². The molecule has 0 fully saturated rings. The van der Waals surface area contributed by atoms with E-state index in [2.05, 4.69) is 26.2 Å². The largest absolute Gasteiger partial charge is 0.444 e. The molecule has 6 heteroatoms. The SMILES string of the molecule is CC(C)(C)OC(=O)Nc1ccc(Br)c2ccc(C=O)nc12. The Morgan fingerprint density at radius 1 is 1.29 bits per heavy atom. The molecule has 0 atom stereocenters. The fraction of sp³-hybridized carbons (Fsp3) is 0.267. The number of carbonyl (C=O) groups excluding carboxylic acids is 2. The second kappa shape index (κ2) is 5.81. The van der Waals surface area contributed by atoms with E-state index in [-0.39, 0.29) is 0 Å². The number of nitrogens with one attached hydrogen (secondary N) is 1. The summed E-state index contributed by atoms with van der Waals surface area (Å²) in [6, 6.07) is 6.91. The van der Waals surface area contributed by atoms with Gasteiger partial charge in [0.05, 0.1) is 11.2 Å². The van der Waals surface area contributed by atoms with Gasteiger partial charge >= 0.3 is 6.09 Å². The van der Waals surface area contributed by atoms with E-state index in [1.165, 1.54) is 0 Å². The first kappa shape index (κ1) is 15.4. The Kier molecular flexibility index (Phi) is 4.27. The highest BCUT2D eigenvalue weighted by molar-refractivity contribution is 9.10. The Hall–Kier alpha value is -1.95. The standard InChI is InChI=1S/C15H15BrN2O3/c1-15(2,3)21-14(20)18-12-7-6-11(16)10-5-4-9(8-19)17-13(10)12/h4-8H,1-3H3,(H,18,20). The normalized spacial score (nSPS) is 11.2.